The van der Waals surface area contributed by atoms with Gasteiger partial charge in [-0.3, -0.25) is 4.99 Å². The first-order valence-corrected chi connectivity index (χ1v) is 9.54. The molecule has 2 aromatic heterocycles. The largest absolute Gasteiger partial charge is 0.443 e. The fourth-order valence-corrected chi connectivity index (χ4v) is 3.08. The lowest BCUT2D eigenvalue weighted by Crippen LogP contribution is -2.48. The second-order valence-corrected chi connectivity index (χ2v) is 7.89. The van der Waals surface area contributed by atoms with Crippen LogP contribution in [0.25, 0.3) is 0 Å². The average molecular weight is 498 g/mol. The molecule has 0 aliphatic carbocycles. The van der Waals surface area contributed by atoms with Crippen LogP contribution in [0.3, 0.4) is 0 Å². The minimum Gasteiger partial charge on any atom is -0.443 e. The highest BCUT2D eigenvalue weighted by molar-refractivity contribution is 14.0. The van der Waals surface area contributed by atoms with Gasteiger partial charge in [-0.2, -0.15) is 0 Å². The van der Waals surface area contributed by atoms with Crippen molar-refractivity contribution in [2.75, 3.05) is 25.0 Å². The summed E-state index contributed by atoms with van der Waals surface area (Å²) < 4.78 is 5.83. The number of aliphatic imine (C=N–C) groups is 1. The molecule has 7 nitrogen and oxygen atoms in total. The summed E-state index contributed by atoms with van der Waals surface area (Å²) in [7, 11) is 1.79. The van der Waals surface area contributed by atoms with E-state index in [9.17, 15) is 0 Å². The summed E-state index contributed by atoms with van der Waals surface area (Å²) in [5.74, 6) is 3.40. The molecule has 0 bridgehead atoms. The van der Waals surface area contributed by atoms with E-state index in [0.717, 1.165) is 43.5 Å². The molecule has 28 heavy (non-hydrogen) atoms. The van der Waals surface area contributed by atoms with E-state index in [1.807, 2.05) is 18.3 Å². The molecule has 1 aliphatic rings. The Hall–Kier alpha value is -1.84. The van der Waals surface area contributed by atoms with E-state index in [1.54, 1.807) is 13.2 Å². The molecular weight excluding hydrogens is 467 g/mol. The highest BCUT2D eigenvalue weighted by Gasteiger charge is 2.21. The first-order chi connectivity index (χ1) is 13.0. The summed E-state index contributed by atoms with van der Waals surface area (Å²) in [5, 5.41) is 6.80. The molecule has 0 aromatic carbocycles. The van der Waals surface area contributed by atoms with Crippen molar-refractivity contribution in [1.82, 2.24) is 20.6 Å². The number of hydrogen-bond donors (Lipinski definition) is 2. The maximum atomic E-state index is 5.83. The highest BCUT2D eigenvalue weighted by atomic mass is 127. The normalized spacial score (nSPS) is 15.9. The smallest absolute Gasteiger partial charge is 0.213 e. The average Bonchev–Trinajstić information content (AvgIpc) is 3.16. The Morgan fingerprint density at radius 2 is 2.00 bits per heavy atom. The van der Waals surface area contributed by atoms with Crippen molar-refractivity contribution in [3.05, 3.63) is 42.2 Å². The summed E-state index contributed by atoms with van der Waals surface area (Å²) >= 11 is 0. The number of guanidine groups is 1. The predicted octanol–water partition coefficient (Wildman–Crippen LogP) is 3.32. The first-order valence-electron chi connectivity index (χ1n) is 9.54. The van der Waals surface area contributed by atoms with Crippen LogP contribution in [-0.4, -0.2) is 42.1 Å². The SMILES string of the molecule is CN=C(NCc1ncc(C(C)(C)C)o1)NC1CCN(c2ccccn2)CC1.I. The van der Waals surface area contributed by atoms with Gasteiger partial charge in [0.1, 0.15) is 11.6 Å². The van der Waals surface area contributed by atoms with E-state index in [-0.39, 0.29) is 29.4 Å². The Bertz CT molecular complexity index is 748. The van der Waals surface area contributed by atoms with Crippen LogP contribution < -0.4 is 15.5 Å². The van der Waals surface area contributed by atoms with Crippen LogP contribution in [-0.2, 0) is 12.0 Å². The maximum Gasteiger partial charge on any atom is 0.213 e. The second-order valence-electron chi connectivity index (χ2n) is 7.89. The number of aromatic nitrogens is 2. The Balaban J connectivity index is 0.00000280. The predicted molar refractivity (Wildman–Crippen MR) is 123 cm³/mol. The van der Waals surface area contributed by atoms with Crippen molar-refractivity contribution >= 4 is 35.8 Å². The summed E-state index contributed by atoms with van der Waals surface area (Å²) in [6.45, 7) is 8.83. The third-order valence-corrected chi connectivity index (χ3v) is 4.73. The lowest BCUT2D eigenvalue weighted by atomic mass is 9.94. The number of anilines is 1. The molecule has 0 saturated carbocycles. The fraction of sp³-hybridized carbons (Fsp3) is 0.550. The van der Waals surface area contributed by atoms with E-state index in [4.69, 9.17) is 4.42 Å². The van der Waals surface area contributed by atoms with Gasteiger partial charge in [0, 0.05) is 37.8 Å². The molecule has 0 amide bonds. The topological polar surface area (TPSA) is 78.6 Å². The van der Waals surface area contributed by atoms with Crippen LogP contribution in [0, 0.1) is 0 Å². The number of oxazole rings is 1. The molecule has 0 radical (unpaired) electrons. The minimum absolute atomic E-state index is 0. The molecule has 1 aliphatic heterocycles. The van der Waals surface area contributed by atoms with Gasteiger partial charge in [0.05, 0.1) is 12.7 Å². The van der Waals surface area contributed by atoms with Gasteiger partial charge in [0.25, 0.3) is 0 Å². The summed E-state index contributed by atoms with van der Waals surface area (Å²) in [6.07, 6.45) is 5.74. The minimum atomic E-state index is -0.0350. The van der Waals surface area contributed by atoms with Crippen molar-refractivity contribution in [2.45, 2.75) is 51.6 Å². The Morgan fingerprint density at radius 1 is 1.25 bits per heavy atom. The number of hydrogen-bond acceptors (Lipinski definition) is 5. The maximum absolute atomic E-state index is 5.83. The lowest BCUT2D eigenvalue weighted by Gasteiger charge is -2.33. The number of halogens is 1. The number of piperidine rings is 1. The summed E-state index contributed by atoms with van der Waals surface area (Å²) in [4.78, 5) is 15.4. The monoisotopic (exact) mass is 498 g/mol. The van der Waals surface area contributed by atoms with Crippen molar-refractivity contribution in [3.63, 3.8) is 0 Å². The van der Waals surface area contributed by atoms with Gasteiger partial charge in [0.15, 0.2) is 5.96 Å². The first kappa shape index (κ1) is 22.4. The number of nitrogens with zero attached hydrogens (tertiary/aromatic N) is 4. The Labute approximate surface area is 184 Å². The van der Waals surface area contributed by atoms with Gasteiger partial charge in [-0.15, -0.1) is 24.0 Å². The third kappa shape index (κ3) is 6.08. The standard InChI is InChI=1S/C20H30N6O.HI/c1-20(2,3)16-13-23-18(27-16)14-24-19(21-4)25-15-8-11-26(12-9-15)17-7-5-6-10-22-17;/h5-7,10,13,15H,8-9,11-12,14H2,1-4H3,(H2,21,24,25);1H. The number of rotatable bonds is 4. The van der Waals surface area contributed by atoms with E-state index in [2.05, 4.69) is 57.3 Å². The van der Waals surface area contributed by atoms with Crippen LogP contribution in [0.5, 0.6) is 0 Å². The van der Waals surface area contributed by atoms with Crippen LogP contribution in [0.4, 0.5) is 5.82 Å². The third-order valence-electron chi connectivity index (χ3n) is 4.73. The van der Waals surface area contributed by atoms with Crippen LogP contribution in [0.15, 0.2) is 40.0 Å². The molecule has 1 fully saturated rings. The molecule has 3 heterocycles. The molecule has 1 saturated heterocycles. The zero-order valence-electron chi connectivity index (χ0n) is 17.1. The molecule has 0 unspecified atom stereocenters. The zero-order chi connectivity index (χ0) is 19.3. The molecular formula is C20H31IN6O. The molecule has 8 heteroatoms. The van der Waals surface area contributed by atoms with Gasteiger partial charge in [0.2, 0.25) is 5.89 Å². The molecule has 2 aromatic rings. The second kappa shape index (κ2) is 10.1. The quantitative estimate of drug-likeness (QED) is 0.383. The highest BCUT2D eigenvalue weighted by Crippen LogP contribution is 2.22. The fourth-order valence-electron chi connectivity index (χ4n) is 3.08. The van der Waals surface area contributed by atoms with Crippen molar-refractivity contribution < 1.29 is 4.42 Å². The van der Waals surface area contributed by atoms with Gasteiger partial charge in [-0.05, 0) is 25.0 Å². The molecule has 3 rings (SSSR count). The van der Waals surface area contributed by atoms with Gasteiger partial charge in [-0.1, -0.05) is 26.8 Å². The van der Waals surface area contributed by atoms with E-state index < -0.39 is 0 Å². The van der Waals surface area contributed by atoms with E-state index >= 15 is 0 Å². The van der Waals surface area contributed by atoms with Crippen LogP contribution in [0.1, 0.15) is 45.3 Å². The van der Waals surface area contributed by atoms with Gasteiger partial charge >= 0.3 is 0 Å². The molecule has 154 valence electrons. The summed E-state index contributed by atoms with van der Waals surface area (Å²) in [5.41, 5.74) is -0.0350. The van der Waals surface area contributed by atoms with Crippen molar-refractivity contribution in [2.24, 2.45) is 4.99 Å². The Morgan fingerprint density at radius 3 is 2.57 bits per heavy atom. The Kier molecular flexibility index (Phi) is 8.09. The van der Waals surface area contributed by atoms with Crippen LogP contribution in [0.2, 0.25) is 0 Å². The lowest BCUT2D eigenvalue weighted by molar-refractivity contribution is 0.379. The van der Waals surface area contributed by atoms with E-state index in [1.165, 1.54) is 0 Å². The number of pyridine rings is 1. The zero-order valence-corrected chi connectivity index (χ0v) is 19.4. The number of nitrogens with one attached hydrogen (secondary N) is 2. The summed E-state index contributed by atoms with van der Waals surface area (Å²) in [6, 6.07) is 6.44. The van der Waals surface area contributed by atoms with Gasteiger partial charge in [-0.25, -0.2) is 9.97 Å². The van der Waals surface area contributed by atoms with E-state index in [0.29, 0.717) is 18.5 Å². The van der Waals surface area contributed by atoms with Crippen molar-refractivity contribution in [3.8, 4) is 0 Å². The van der Waals surface area contributed by atoms with Crippen molar-refractivity contribution in [1.29, 1.82) is 0 Å². The molecule has 0 spiro atoms. The molecule has 2 N–H and O–H groups in total. The van der Waals surface area contributed by atoms with Crippen LogP contribution >= 0.6 is 24.0 Å². The van der Waals surface area contributed by atoms with Gasteiger partial charge < -0.3 is 20.0 Å². The molecule has 0 atom stereocenters.